The van der Waals surface area contributed by atoms with Gasteiger partial charge in [0.05, 0.1) is 5.92 Å². The molecule has 3 nitrogen and oxygen atoms in total. The summed E-state index contributed by atoms with van der Waals surface area (Å²) in [7, 11) is 0. The first kappa shape index (κ1) is 9.00. The van der Waals surface area contributed by atoms with Gasteiger partial charge < -0.3 is 10.6 Å². The van der Waals surface area contributed by atoms with E-state index in [9.17, 15) is 4.79 Å². The van der Waals surface area contributed by atoms with E-state index in [0.717, 1.165) is 25.6 Å². The Bertz CT molecular complexity index is 185. The second kappa shape index (κ2) is 4.09. The first-order chi connectivity index (χ1) is 6.36. The lowest BCUT2D eigenvalue weighted by Gasteiger charge is -2.28. The van der Waals surface area contributed by atoms with Crippen LogP contribution in [-0.4, -0.2) is 25.5 Å². The molecule has 74 valence electrons. The number of hydrogen-bond acceptors (Lipinski definition) is 2. The van der Waals surface area contributed by atoms with Gasteiger partial charge in [-0.3, -0.25) is 4.79 Å². The standard InChI is InChI=1S/C10H18N2O/c13-10(9-6-11-7-9)12-5-4-8-2-1-3-8/h8-9,11H,1-7H2,(H,12,13). The van der Waals surface area contributed by atoms with Crippen LogP contribution in [0.3, 0.4) is 0 Å². The average Bonchev–Trinajstić information content (AvgIpc) is 1.90. The van der Waals surface area contributed by atoms with E-state index in [-0.39, 0.29) is 11.8 Å². The van der Waals surface area contributed by atoms with Gasteiger partial charge in [0.15, 0.2) is 0 Å². The minimum atomic E-state index is 0.248. The quantitative estimate of drug-likeness (QED) is 0.665. The van der Waals surface area contributed by atoms with Crippen molar-refractivity contribution in [3.8, 4) is 0 Å². The first-order valence-corrected chi connectivity index (χ1v) is 5.34. The van der Waals surface area contributed by atoms with E-state index in [4.69, 9.17) is 0 Å². The summed E-state index contributed by atoms with van der Waals surface area (Å²) < 4.78 is 0. The summed E-state index contributed by atoms with van der Waals surface area (Å²) in [5, 5.41) is 6.11. The molecule has 2 rings (SSSR count). The number of amides is 1. The van der Waals surface area contributed by atoms with Crippen LogP contribution in [0.5, 0.6) is 0 Å². The van der Waals surface area contributed by atoms with Gasteiger partial charge in [-0.05, 0) is 12.3 Å². The lowest BCUT2D eigenvalue weighted by Crippen LogP contribution is -2.51. The number of carbonyl (C=O) groups excluding carboxylic acids is 1. The van der Waals surface area contributed by atoms with Crippen LogP contribution in [0.2, 0.25) is 0 Å². The maximum atomic E-state index is 11.4. The van der Waals surface area contributed by atoms with Gasteiger partial charge in [0.2, 0.25) is 5.91 Å². The Hall–Kier alpha value is -0.570. The summed E-state index contributed by atoms with van der Waals surface area (Å²) >= 11 is 0. The van der Waals surface area contributed by atoms with E-state index >= 15 is 0 Å². The molecule has 1 aliphatic heterocycles. The van der Waals surface area contributed by atoms with E-state index in [2.05, 4.69) is 10.6 Å². The van der Waals surface area contributed by atoms with E-state index in [1.165, 1.54) is 25.7 Å². The second-order valence-corrected chi connectivity index (χ2v) is 4.23. The molecule has 0 spiro atoms. The summed E-state index contributed by atoms with van der Waals surface area (Å²) in [5.41, 5.74) is 0. The van der Waals surface area contributed by atoms with Gasteiger partial charge in [-0.25, -0.2) is 0 Å². The van der Waals surface area contributed by atoms with E-state index in [1.807, 2.05) is 0 Å². The largest absolute Gasteiger partial charge is 0.356 e. The maximum absolute atomic E-state index is 11.4. The molecule has 0 unspecified atom stereocenters. The van der Waals surface area contributed by atoms with Crippen molar-refractivity contribution < 1.29 is 4.79 Å². The minimum absolute atomic E-state index is 0.248. The predicted octanol–water partition coefficient (Wildman–Crippen LogP) is 0.512. The average molecular weight is 182 g/mol. The second-order valence-electron chi connectivity index (χ2n) is 4.23. The number of hydrogen-bond donors (Lipinski definition) is 2. The molecule has 1 amide bonds. The Kier molecular flexibility index (Phi) is 2.83. The van der Waals surface area contributed by atoms with Gasteiger partial charge >= 0.3 is 0 Å². The van der Waals surface area contributed by atoms with Crippen LogP contribution in [0.1, 0.15) is 25.7 Å². The molecular formula is C10H18N2O. The summed E-state index contributed by atoms with van der Waals surface area (Å²) in [6.45, 7) is 2.63. The fourth-order valence-electron chi connectivity index (χ4n) is 1.80. The maximum Gasteiger partial charge on any atom is 0.225 e. The number of rotatable bonds is 4. The summed E-state index contributed by atoms with van der Waals surface area (Å²) in [4.78, 5) is 11.4. The Labute approximate surface area is 79.3 Å². The zero-order valence-electron chi connectivity index (χ0n) is 8.01. The van der Waals surface area contributed by atoms with Crippen LogP contribution in [0.15, 0.2) is 0 Å². The highest BCUT2D eigenvalue weighted by Gasteiger charge is 2.24. The lowest BCUT2D eigenvalue weighted by molar-refractivity contribution is -0.126. The lowest BCUT2D eigenvalue weighted by atomic mass is 9.83. The molecule has 0 radical (unpaired) electrons. The normalized spacial score (nSPS) is 23.4. The fourth-order valence-corrected chi connectivity index (χ4v) is 1.80. The fraction of sp³-hybridized carbons (Fsp3) is 0.900. The van der Waals surface area contributed by atoms with E-state index in [1.54, 1.807) is 0 Å². The third kappa shape index (κ3) is 2.21. The van der Waals surface area contributed by atoms with Crippen molar-refractivity contribution >= 4 is 5.91 Å². The Morgan fingerprint density at radius 1 is 1.38 bits per heavy atom. The van der Waals surface area contributed by atoms with Gasteiger partial charge in [0, 0.05) is 19.6 Å². The molecule has 1 saturated carbocycles. The number of nitrogens with one attached hydrogen (secondary N) is 2. The predicted molar refractivity (Wildman–Crippen MR) is 51.3 cm³/mol. The highest BCUT2D eigenvalue weighted by molar-refractivity contribution is 5.79. The zero-order chi connectivity index (χ0) is 9.10. The third-order valence-electron chi connectivity index (χ3n) is 3.23. The van der Waals surface area contributed by atoms with Crippen molar-refractivity contribution in [2.75, 3.05) is 19.6 Å². The molecule has 1 heterocycles. The van der Waals surface area contributed by atoms with Crippen molar-refractivity contribution in [3.63, 3.8) is 0 Å². The van der Waals surface area contributed by atoms with Crippen molar-refractivity contribution in [2.45, 2.75) is 25.7 Å². The van der Waals surface area contributed by atoms with Crippen LogP contribution in [0.4, 0.5) is 0 Å². The smallest absolute Gasteiger partial charge is 0.225 e. The molecule has 0 aromatic carbocycles. The Balaban J connectivity index is 1.53. The van der Waals surface area contributed by atoms with Crippen LogP contribution >= 0.6 is 0 Å². The molecule has 2 aliphatic rings. The van der Waals surface area contributed by atoms with Crippen LogP contribution in [0.25, 0.3) is 0 Å². The molecule has 13 heavy (non-hydrogen) atoms. The van der Waals surface area contributed by atoms with E-state index in [0.29, 0.717) is 0 Å². The van der Waals surface area contributed by atoms with Crippen LogP contribution in [0, 0.1) is 11.8 Å². The molecule has 2 fully saturated rings. The first-order valence-electron chi connectivity index (χ1n) is 5.34. The molecule has 0 bridgehead atoms. The molecule has 0 atom stereocenters. The topological polar surface area (TPSA) is 41.1 Å². The van der Waals surface area contributed by atoms with Crippen molar-refractivity contribution in [1.29, 1.82) is 0 Å². The molecular weight excluding hydrogens is 164 g/mol. The third-order valence-corrected chi connectivity index (χ3v) is 3.23. The highest BCUT2D eigenvalue weighted by Crippen LogP contribution is 2.28. The minimum Gasteiger partial charge on any atom is -0.356 e. The molecule has 2 N–H and O–H groups in total. The summed E-state index contributed by atoms with van der Waals surface area (Å²) in [6.07, 6.45) is 5.33. The summed E-state index contributed by atoms with van der Waals surface area (Å²) in [6, 6.07) is 0. The zero-order valence-corrected chi connectivity index (χ0v) is 8.01. The molecule has 0 aromatic heterocycles. The SMILES string of the molecule is O=C(NCCC1CCC1)C1CNC1. The molecule has 3 heteroatoms. The number of carbonyl (C=O) groups is 1. The van der Waals surface area contributed by atoms with Gasteiger partial charge in [-0.15, -0.1) is 0 Å². The van der Waals surface area contributed by atoms with Gasteiger partial charge in [-0.2, -0.15) is 0 Å². The molecule has 1 saturated heterocycles. The van der Waals surface area contributed by atoms with Gasteiger partial charge in [0.1, 0.15) is 0 Å². The molecule has 0 aromatic rings. The molecule has 1 aliphatic carbocycles. The van der Waals surface area contributed by atoms with Crippen molar-refractivity contribution in [3.05, 3.63) is 0 Å². The highest BCUT2D eigenvalue weighted by atomic mass is 16.2. The van der Waals surface area contributed by atoms with Crippen molar-refractivity contribution in [2.24, 2.45) is 11.8 Å². The Morgan fingerprint density at radius 2 is 2.15 bits per heavy atom. The van der Waals surface area contributed by atoms with Gasteiger partial charge in [-0.1, -0.05) is 19.3 Å². The van der Waals surface area contributed by atoms with E-state index < -0.39 is 0 Å². The van der Waals surface area contributed by atoms with Crippen LogP contribution < -0.4 is 10.6 Å². The summed E-state index contributed by atoms with van der Waals surface area (Å²) in [5.74, 6) is 1.40. The van der Waals surface area contributed by atoms with Crippen LogP contribution in [-0.2, 0) is 4.79 Å². The van der Waals surface area contributed by atoms with Gasteiger partial charge in [0.25, 0.3) is 0 Å². The van der Waals surface area contributed by atoms with Crippen molar-refractivity contribution in [1.82, 2.24) is 10.6 Å². The Morgan fingerprint density at radius 3 is 2.62 bits per heavy atom. The monoisotopic (exact) mass is 182 g/mol.